The molecule has 0 fully saturated rings. The van der Waals surface area contributed by atoms with Gasteiger partial charge in [-0.15, -0.1) is 0 Å². The average Bonchev–Trinajstić information content (AvgIpc) is 3.09. The summed E-state index contributed by atoms with van der Waals surface area (Å²) in [6, 6.07) is 11.7. The molecule has 2 aliphatic rings. The third-order valence-electron chi connectivity index (χ3n) is 5.89. The molecule has 1 aliphatic carbocycles. The lowest BCUT2D eigenvalue weighted by Gasteiger charge is -2.34. The van der Waals surface area contributed by atoms with Gasteiger partial charge in [-0.2, -0.15) is 0 Å². The summed E-state index contributed by atoms with van der Waals surface area (Å²) >= 11 is 3.42. The second-order valence-electron chi connectivity index (χ2n) is 7.75. The average molecular weight is 469 g/mol. The highest BCUT2D eigenvalue weighted by Crippen LogP contribution is 2.49. The van der Waals surface area contributed by atoms with Gasteiger partial charge in [-0.1, -0.05) is 33.2 Å². The van der Waals surface area contributed by atoms with Gasteiger partial charge in [-0.05, 0) is 55.2 Å². The van der Waals surface area contributed by atoms with E-state index in [0.29, 0.717) is 41.1 Å². The van der Waals surface area contributed by atoms with Gasteiger partial charge in [0.05, 0.1) is 11.3 Å². The number of nitrogens with zero attached hydrogens (tertiary/aromatic N) is 1. The van der Waals surface area contributed by atoms with Crippen LogP contribution in [0.2, 0.25) is 0 Å². The molecule has 0 amide bonds. The maximum atomic E-state index is 14.9. The summed E-state index contributed by atoms with van der Waals surface area (Å²) in [6.07, 6.45) is 0.897. The zero-order valence-corrected chi connectivity index (χ0v) is 17.7. The van der Waals surface area contributed by atoms with Crippen LogP contribution in [0.3, 0.4) is 0 Å². The largest absolute Gasteiger partial charge is 0.508 e. The van der Waals surface area contributed by atoms with Crippen LogP contribution in [0.25, 0.3) is 0 Å². The van der Waals surface area contributed by atoms with Crippen LogP contribution in [-0.4, -0.2) is 16.0 Å². The van der Waals surface area contributed by atoms with E-state index in [1.807, 2.05) is 12.1 Å². The molecule has 2 atom stereocenters. The zero-order chi connectivity index (χ0) is 21.0. The maximum Gasteiger partial charge on any atom is 0.233 e. The molecule has 0 saturated heterocycles. The van der Waals surface area contributed by atoms with Crippen molar-refractivity contribution in [3.05, 3.63) is 86.4 Å². The normalized spacial score (nSPS) is 20.6. The van der Waals surface area contributed by atoms with E-state index >= 15 is 0 Å². The fourth-order valence-corrected chi connectivity index (χ4v) is 4.88. The molecule has 2 heterocycles. The van der Waals surface area contributed by atoms with Gasteiger partial charge in [-0.3, -0.25) is 4.79 Å². The number of nitrogens with one attached hydrogen (secondary N) is 1. The number of aromatic hydroxyl groups is 1. The van der Waals surface area contributed by atoms with Gasteiger partial charge in [0.15, 0.2) is 5.78 Å². The minimum atomic E-state index is -0.576. The molecule has 152 valence electrons. The number of aromatic nitrogens is 1. The number of carbonyl (C=O) groups is 1. The van der Waals surface area contributed by atoms with Crippen LogP contribution >= 0.6 is 15.9 Å². The molecule has 30 heavy (non-hydrogen) atoms. The Kier molecular flexibility index (Phi) is 4.50. The van der Waals surface area contributed by atoms with Gasteiger partial charge in [0.25, 0.3) is 0 Å². The fraction of sp³-hybridized carbons (Fsp3) is 0.217. The van der Waals surface area contributed by atoms with Crippen molar-refractivity contribution in [3.8, 4) is 5.75 Å². The second kappa shape index (κ2) is 7.09. The van der Waals surface area contributed by atoms with E-state index in [9.17, 15) is 14.3 Å². The van der Waals surface area contributed by atoms with Crippen molar-refractivity contribution < 1.29 is 18.8 Å². The van der Waals surface area contributed by atoms with Gasteiger partial charge in [0, 0.05) is 33.6 Å². The lowest BCUT2D eigenvalue weighted by Crippen LogP contribution is -2.30. The Morgan fingerprint density at radius 2 is 1.97 bits per heavy atom. The Balaban J connectivity index is 1.64. The Morgan fingerprint density at radius 3 is 2.73 bits per heavy atom. The Bertz CT molecular complexity index is 1200. The van der Waals surface area contributed by atoms with Crippen molar-refractivity contribution in [1.82, 2.24) is 5.16 Å². The van der Waals surface area contributed by atoms with Crippen molar-refractivity contribution in [2.75, 3.05) is 5.32 Å². The smallest absolute Gasteiger partial charge is 0.233 e. The van der Waals surface area contributed by atoms with E-state index in [4.69, 9.17) is 4.52 Å². The van der Waals surface area contributed by atoms with Crippen molar-refractivity contribution in [1.29, 1.82) is 0 Å². The molecule has 5 nitrogen and oxygen atoms in total. The van der Waals surface area contributed by atoms with E-state index in [0.717, 1.165) is 15.7 Å². The number of ketones is 1. The minimum Gasteiger partial charge on any atom is -0.508 e. The van der Waals surface area contributed by atoms with Gasteiger partial charge < -0.3 is 14.9 Å². The number of halogens is 2. The summed E-state index contributed by atoms with van der Waals surface area (Å²) < 4.78 is 21.1. The predicted octanol–water partition coefficient (Wildman–Crippen LogP) is 5.55. The topological polar surface area (TPSA) is 75.4 Å². The molecular weight excluding hydrogens is 451 g/mol. The van der Waals surface area contributed by atoms with Crippen molar-refractivity contribution >= 4 is 27.6 Å². The Hall–Kier alpha value is -2.93. The number of anilines is 1. The molecule has 5 rings (SSSR count). The number of benzene rings is 2. The molecular formula is C23H18BrFN2O3. The van der Waals surface area contributed by atoms with E-state index in [1.165, 1.54) is 6.07 Å². The third-order valence-corrected chi connectivity index (χ3v) is 6.38. The van der Waals surface area contributed by atoms with Crippen molar-refractivity contribution in [2.45, 2.75) is 31.6 Å². The fourth-order valence-electron chi connectivity index (χ4n) is 4.50. The van der Waals surface area contributed by atoms with Crippen LogP contribution in [0.4, 0.5) is 10.3 Å². The van der Waals surface area contributed by atoms with Crippen molar-refractivity contribution in [3.63, 3.8) is 0 Å². The number of hydrogen-bond acceptors (Lipinski definition) is 5. The van der Waals surface area contributed by atoms with Gasteiger partial charge in [0.1, 0.15) is 11.6 Å². The summed E-state index contributed by atoms with van der Waals surface area (Å²) in [5.74, 6) is -0.385. The van der Waals surface area contributed by atoms with Gasteiger partial charge >= 0.3 is 0 Å². The Labute approximate surface area is 180 Å². The highest BCUT2D eigenvalue weighted by molar-refractivity contribution is 9.10. The van der Waals surface area contributed by atoms with Crippen LogP contribution in [0.15, 0.2) is 62.7 Å². The molecule has 0 radical (unpaired) electrons. The van der Waals surface area contributed by atoms with Crippen LogP contribution in [0.1, 0.15) is 47.1 Å². The molecule has 0 bridgehead atoms. The molecule has 2 N–H and O–H groups in total. The SMILES string of the molecule is Cc1noc2c1[C@H](c1cc(Br)ccc1F)C1=C(C[C@@H](c3ccc(O)cc3)CC1=O)N2. The second-order valence-corrected chi connectivity index (χ2v) is 8.66. The molecule has 0 unspecified atom stereocenters. The number of hydrogen-bond donors (Lipinski definition) is 2. The van der Waals surface area contributed by atoms with E-state index < -0.39 is 5.92 Å². The van der Waals surface area contributed by atoms with E-state index in [1.54, 1.807) is 31.2 Å². The van der Waals surface area contributed by atoms with Crippen LogP contribution < -0.4 is 5.32 Å². The number of aryl methyl sites for hydroxylation is 1. The summed E-state index contributed by atoms with van der Waals surface area (Å²) in [5.41, 5.74) is 4.02. The lowest BCUT2D eigenvalue weighted by molar-refractivity contribution is -0.116. The highest BCUT2D eigenvalue weighted by atomic mass is 79.9. The molecule has 0 saturated carbocycles. The highest BCUT2D eigenvalue weighted by Gasteiger charge is 2.42. The molecule has 3 aromatic rings. The summed E-state index contributed by atoms with van der Waals surface area (Å²) in [7, 11) is 0. The van der Waals surface area contributed by atoms with Crippen molar-refractivity contribution in [2.24, 2.45) is 0 Å². The number of phenols is 1. The summed E-state index contributed by atoms with van der Waals surface area (Å²) in [4.78, 5) is 13.4. The monoisotopic (exact) mass is 468 g/mol. The van der Waals surface area contributed by atoms with Crippen LogP contribution in [0, 0.1) is 12.7 Å². The molecule has 1 aromatic heterocycles. The summed E-state index contributed by atoms with van der Waals surface area (Å²) in [6.45, 7) is 1.80. The zero-order valence-electron chi connectivity index (χ0n) is 16.1. The van der Waals surface area contributed by atoms with Crippen LogP contribution in [0.5, 0.6) is 5.75 Å². The first kappa shape index (κ1) is 19.1. The standard InChI is InChI=1S/C23H18BrFN2O3/c1-11-20-21(16-10-14(24)4-7-17(16)25)22-18(26-23(20)30-27-11)8-13(9-19(22)29)12-2-5-15(28)6-3-12/h2-7,10,13,21,26,28H,8-9H2,1H3/t13-,21+/m1/s1. The van der Waals surface area contributed by atoms with E-state index in [2.05, 4.69) is 26.4 Å². The molecule has 0 spiro atoms. The number of Topliss-reactive ketones (excluding diaryl/α,β-unsaturated/α-hetero) is 1. The van der Waals surface area contributed by atoms with Gasteiger partial charge in [0.2, 0.25) is 5.88 Å². The third kappa shape index (κ3) is 3.04. The number of carbonyl (C=O) groups excluding carboxylic acids is 1. The first-order chi connectivity index (χ1) is 14.4. The lowest BCUT2D eigenvalue weighted by atomic mass is 9.72. The number of phenolic OH excluding ortho intramolecular Hbond substituents is 1. The summed E-state index contributed by atoms with van der Waals surface area (Å²) in [5, 5.41) is 16.9. The molecule has 2 aromatic carbocycles. The first-order valence-corrected chi connectivity index (χ1v) is 10.4. The first-order valence-electron chi connectivity index (χ1n) is 9.65. The number of rotatable bonds is 2. The van der Waals surface area contributed by atoms with E-state index in [-0.39, 0.29) is 23.3 Å². The quantitative estimate of drug-likeness (QED) is 0.515. The molecule has 1 aliphatic heterocycles. The number of fused-ring (bicyclic) bond motifs is 1. The van der Waals surface area contributed by atoms with Gasteiger partial charge in [-0.25, -0.2) is 4.39 Å². The Morgan fingerprint density at radius 1 is 1.20 bits per heavy atom. The minimum absolute atomic E-state index is 0.0301. The molecule has 7 heteroatoms. The maximum absolute atomic E-state index is 14.9. The van der Waals surface area contributed by atoms with Crippen LogP contribution in [-0.2, 0) is 4.79 Å². The predicted molar refractivity (Wildman–Crippen MR) is 113 cm³/mol. The number of allylic oxidation sites excluding steroid dienone is 2.